The van der Waals surface area contributed by atoms with E-state index in [1.165, 1.54) is 18.2 Å². The fourth-order valence-electron chi connectivity index (χ4n) is 2.94. The quantitative estimate of drug-likeness (QED) is 0.342. The van der Waals surface area contributed by atoms with Gasteiger partial charge >= 0.3 is 0 Å². The van der Waals surface area contributed by atoms with E-state index in [4.69, 9.17) is 4.74 Å². The van der Waals surface area contributed by atoms with Gasteiger partial charge in [-0.05, 0) is 35.2 Å². The highest BCUT2D eigenvalue weighted by Crippen LogP contribution is 2.11. The molecule has 2 aromatic rings. The second-order valence-electron chi connectivity index (χ2n) is 6.96. The predicted octanol–water partition coefficient (Wildman–Crippen LogP) is 2.38. The van der Waals surface area contributed by atoms with Gasteiger partial charge in [-0.1, -0.05) is 43.3 Å². The van der Waals surface area contributed by atoms with Gasteiger partial charge in [0.05, 0.1) is 11.5 Å². The molecule has 0 aliphatic heterocycles. The molecule has 2 rings (SSSR count). The van der Waals surface area contributed by atoms with E-state index in [0.717, 1.165) is 24.5 Å². The molecule has 8 heteroatoms. The number of guanidine groups is 1. The topological polar surface area (TPSA) is 83.0 Å². The summed E-state index contributed by atoms with van der Waals surface area (Å²) in [5.74, 6) is 0.771. The number of methoxy groups -OCH3 is 1. The first-order valence-corrected chi connectivity index (χ1v) is 11.4. The van der Waals surface area contributed by atoms with Crippen LogP contribution in [0.15, 0.2) is 58.4 Å². The molecular formula is C22H32N4O3S. The fourth-order valence-corrected chi connectivity index (χ4v) is 3.96. The maximum absolute atomic E-state index is 12.2. The van der Waals surface area contributed by atoms with Crippen molar-refractivity contribution in [3.05, 3.63) is 65.2 Å². The van der Waals surface area contributed by atoms with Gasteiger partial charge in [-0.2, -0.15) is 0 Å². The van der Waals surface area contributed by atoms with Crippen LogP contribution in [0.2, 0.25) is 0 Å². The van der Waals surface area contributed by atoms with Crippen LogP contribution in [0.1, 0.15) is 23.6 Å². The lowest BCUT2D eigenvalue weighted by Crippen LogP contribution is -2.38. The molecule has 0 amide bonds. The minimum Gasteiger partial charge on any atom is -0.383 e. The lowest BCUT2D eigenvalue weighted by atomic mass is 10.1. The van der Waals surface area contributed by atoms with Crippen molar-refractivity contribution in [3.63, 3.8) is 0 Å². The molecule has 0 spiro atoms. The molecule has 0 aromatic heterocycles. The monoisotopic (exact) mass is 432 g/mol. The average molecular weight is 433 g/mol. The van der Waals surface area contributed by atoms with Crippen molar-refractivity contribution in [2.45, 2.75) is 31.3 Å². The molecule has 0 radical (unpaired) electrons. The Morgan fingerprint density at radius 2 is 1.63 bits per heavy atom. The maximum atomic E-state index is 12.2. The number of ether oxygens (including phenoxy) is 1. The van der Waals surface area contributed by atoms with Gasteiger partial charge in [0.25, 0.3) is 0 Å². The van der Waals surface area contributed by atoms with Gasteiger partial charge < -0.3 is 15.0 Å². The molecule has 2 aromatic carbocycles. The van der Waals surface area contributed by atoms with Gasteiger partial charge in [0.15, 0.2) is 5.96 Å². The van der Waals surface area contributed by atoms with Crippen LogP contribution in [0.4, 0.5) is 0 Å². The zero-order chi connectivity index (χ0) is 22.0. The highest BCUT2D eigenvalue weighted by molar-refractivity contribution is 7.89. The highest BCUT2D eigenvalue weighted by Gasteiger charge is 2.13. The van der Waals surface area contributed by atoms with Crippen LogP contribution in [-0.2, 0) is 34.3 Å². The van der Waals surface area contributed by atoms with Crippen molar-refractivity contribution < 1.29 is 13.2 Å². The number of hydrogen-bond acceptors (Lipinski definition) is 4. The summed E-state index contributed by atoms with van der Waals surface area (Å²) in [6.07, 6.45) is 1.03. The Bertz CT molecular complexity index is 910. The second kappa shape index (κ2) is 11.7. The van der Waals surface area contributed by atoms with Crippen LogP contribution < -0.4 is 10.0 Å². The molecule has 0 unspecified atom stereocenters. The SMILES string of the molecule is CCc1ccc(CN(C)C(=NC)NCc2ccc(S(=O)(=O)NCCOC)cc2)cc1. The van der Waals surface area contributed by atoms with Crippen molar-refractivity contribution in [3.8, 4) is 0 Å². The van der Waals surface area contributed by atoms with Crippen molar-refractivity contribution in [2.24, 2.45) is 4.99 Å². The van der Waals surface area contributed by atoms with Gasteiger partial charge in [-0.25, -0.2) is 13.1 Å². The largest absolute Gasteiger partial charge is 0.383 e. The smallest absolute Gasteiger partial charge is 0.240 e. The molecule has 0 heterocycles. The lowest BCUT2D eigenvalue weighted by Gasteiger charge is -2.22. The third-order valence-electron chi connectivity index (χ3n) is 4.71. The van der Waals surface area contributed by atoms with Crippen LogP contribution in [0, 0.1) is 0 Å². The molecule has 0 aliphatic rings. The average Bonchev–Trinajstić information content (AvgIpc) is 2.75. The Morgan fingerprint density at radius 1 is 1.03 bits per heavy atom. The first-order chi connectivity index (χ1) is 14.4. The Balaban J connectivity index is 1.92. The van der Waals surface area contributed by atoms with E-state index < -0.39 is 10.0 Å². The first-order valence-electron chi connectivity index (χ1n) is 9.96. The Kier molecular flexibility index (Phi) is 9.29. The number of nitrogens with zero attached hydrogens (tertiary/aromatic N) is 2. The Morgan fingerprint density at radius 3 is 2.20 bits per heavy atom. The fraction of sp³-hybridized carbons (Fsp3) is 0.409. The van der Waals surface area contributed by atoms with Gasteiger partial charge in [-0.3, -0.25) is 4.99 Å². The van der Waals surface area contributed by atoms with E-state index in [1.54, 1.807) is 31.3 Å². The van der Waals surface area contributed by atoms with Crippen LogP contribution in [0.3, 0.4) is 0 Å². The molecule has 0 fully saturated rings. The van der Waals surface area contributed by atoms with E-state index in [9.17, 15) is 8.42 Å². The molecule has 0 atom stereocenters. The normalized spacial score (nSPS) is 12.1. The van der Waals surface area contributed by atoms with E-state index in [1.807, 2.05) is 7.05 Å². The van der Waals surface area contributed by atoms with E-state index >= 15 is 0 Å². The number of hydrogen-bond donors (Lipinski definition) is 2. The number of aryl methyl sites for hydroxylation is 1. The summed E-state index contributed by atoms with van der Waals surface area (Å²) in [5, 5.41) is 3.32. The van der Waals surface area contributed by atoms with E-state index in [0.29, 0.717) is 13.2 Å². The van der Waals surface area contributed by atoms with Crippen LogP contribution in [-0.4, -0.2) is 53.6 Å². The summed E-state index contributed by atoms with van der Waals surface area (Å²) >= 11 is 0. The predicted molar refractivity (Wildman–Crippen MR) is 121 cm³/mol. The molecular weight excluding hydrogens is 400 g/mol. The summed E-state index contributed by atoms with van der Waals surface area (Å²) in [6, 6.07) is 15.4. The number of nitrogens with one attached hydrogen (secondary N) is 2. The lowest BCUT2D eigenvalue weighted by molar-refractivity contribution is 0.204. The summed E-state index contributed by atoms with van der Waals surface area (Å²) < 4.78 is 31.8. The van der Waals surface area contributed by atoms with Gasteiger partial charge in [-0.15, -0.1) is 0 Å². The molecule has 7 nitrogen and oxygen atoms in total. The highest BCUT2D eigenvalue weighted by atomic mass is 32.2. The number of sulfonamides is 1. The number of rotatable bonds is 10. The van der Waals surface area contributed by atoms with Crippen molar-refractivity contribution in [1.82, 2.24) is 14.9 Å². The summed E-state index contributed by atoms with van der Waals surface area (Å²) in [4.78, 5) is 6.64. The van der Waals surface area contributed by atoms with Gasteiger partial charge in [0.1, 0.15) is 0 Å². The van der Waals surface area contributed by atoms with Crippen LogP contribution in [0.25, 0.3) is 0 Å². The molecule has 0 aliphatic carbocycles. The van der Waals surface area contributed by atoms with Crippen LogP contribution >= 0.6 is 0 Å². The van der Waals surface area contributed by atoms with Crippen molar-refractivity contribution >= 4 is 16.0 Å². The number of benzene rings is 2. The molecule has 30 heavy (non-hydrogen) atoms. The summed E-state index contributed by atoms with van der Waals surface area (Å²) in [7, 11) is 1.75. The molecule has 0 bridgehead atoms. The summed E-state index contributed by atoms with van der Waals surface area (Å²) in [5.41, 5.74) is 3.50. The zero-order valence-corrected chi connectivity index (χ0v) is 19.0. The Hall–Kier alpha value is -2.42. The van der Waals surface area contributed by atoms with E-state index in [2.05, 4.69) is 51.1 Å². The third-order valence-corrected chi connectivity index (χ3v) is 6.18. The first kappa shape index (κ1) is 23.9. The molecule has 164 valence electrons. The molecule has 0 saturated heterocycles. The zero-order valence-electron chi connectivity index (χ0n) is 18.2. The second-order valence-corrected chi connectivity index (χ2v) is 8.73. The van der Waals surface area contributed by atoms with Crippen molar-refractivity contribution in [1.29, 1.82) is 0 Å². The van der Waals surface area contributed by atoms with E-state index in [-0.39, 0.29) is 11.4 Å². The minimum atomic E-state index is -3.52. The standard InChI is InChI=1S/C22H32N4O3S/c1-5-18-6-8-20(9-7-18)17-26(3)22(23-2)24-16-19-10-12-21(13-11-19)30(27,28)25-14-15-29-4/h6-13,25H,5,14-17H2,1-4H3,(H,23,24). The third kappa shape index (κ3) is 7.12. The van der Waals surface area contributed by atoms with Gasteiger partial charge in [0, 0.05) is 40.8 Å². The van der Waals surface area contributed by atoms with Crippen molar-refractivity contribution in [2.75, 3.05) is 34.4 Å². The van der Waals surface area contributed by atoms with Crippen LogP contribution in [0.5, 0.6) is 0 Å². The minimum absolute atomic E-state index is 0.236. The Labute approximate surface area is 180 Å². The maximum Gasteiger partial charge on any atom is 0.240 e. The molecule has 2 N–H and O–H groups in total. The molecule has 0 saturated carbocycles. The van der Waals surface area contributed by atoms with Gasteiger partial charge in [0.2, 0.25) is 10.0 Å². The summed E-state index contributed by atoms with van der Waals surface area (Å²) in [6.45, 7) is 4.01. The number of aliphatic imine (C=N–C) groups is 1.